The van der Waals surface area contributed by atoms with Gasteiger partial charge in [-0.1, -0.05) is 39.3 Å². The quantitative estimate of drug-likeness (QED) is 0.391. The van der Waals surface area contributed by atoms with Gasteiger partial charge in [-0.2, -0.15) is 5.26 Å². The zero-order valence-electron chi connectivity index (χ0n) is 29.5. The number of ether oxygens (including phenoxy) is 2. The lowest BCUT2D eigenvalue weighted by Gasteiger charge is -2.63. The SMILES string of the molecule is CC(C)(C)OC(=O)N1CCN(CCN2CCN(c3ccc(C(=O)NC4C(C)(C)C(Oc5ccc(C#N)c(Cl)c5)C4(C)C)cc3)CC2)CC1. The summed E-state index contributed by atoms with van der Waals surface area (Å²) in [6, 6.07) is 15.0. The molecule has 0 unspecified atom stereocenters. The molecule has 0 spiro atoms. The number of piperazine rings is 2. The number of carbonyl (C=O) groups is 2. The molecule has 10 nitrogen and oxygen atoms in total. The van der Waals surface area contributed by atoms with E-state index in [1.165, 1.54) is 0 Å². The van der Waals surface area contributed by atoms with E-state index in [0.29, 0.717) is 35.0 Å². The van der Waals surface area contributed by atoms with E-state index in [0.717, 1.165) is 58.0 Å². The molecule has 2 saturated heterocycles. The van der Waals surface area contributed by atoms with Crippen LogP contribution in [0.2, 0.25) is 5.02 Å². The van der Waals surface area contributed by atoms with E-state index in [1.807, 2.05) is 49.9 Å². The number of halogens is 1. The highest BCUT2D eigenvalue weighted by molar-refractivity contribution is 6.31. The molecule has 11 heteroatoms. The molecular formula is C37H51ClN6O4. The molecule has 2 aromatic rings. The fourth-order valence-electron chi connectivity index (χ4n) is 7.63. The van der Waals surface area contributed by atoms with Gasteiger partial charge in [0, 0.05) is 99.6 Å². The second-order valence-electron chi connectivity index (χ2n) is 15.5. The van der Waals surface area contributed by atoms with Crippen molar-refractivity contribution in [3.63, 3.8) is 0 Å². The normalized spacial score (nSPS) is 22.7. The van der Waals surface area contributed by atoms with Crippen molar-refractivity contribution in [3.05, 3.63) is 58.6 Å². The third-order valence-corrected chi connectivity index (χ3v) is 10.4. The summed E-state index contributed by atoms with van der Waals surface area (Å²) < 4.78 is 11.9. The van der Waals surface area contributed by atoms with Crippen LogP contribution in [0.4, 0.5) is 10.5 Å². The maximum atomic E-state index is 13.4. The summed E-state index contributed by atoms with van der Waals surface area (Å²) in [6.07, 6.45) is -0.375. The summed E-state index contributed by atoms with van der Waals surface area (Å²) in [5.74, 6) is 0.519. The Morgan fingerprint density at radius 2 is 1.46 bits per heavy atom. The summed E-state index contributed by atoms with van der Waals surface area (Å²) in [4.78, 5) is 34.9. The second kappa shape index (κ2) is 14.1. The standard InChI is InChI=1S/C37H51ClN6O4/c1-35(2,3)48-34(46)44-22-18-42(19-23-44)15-14-41-16-20-43(21-17-41)28-11-8-26(9-12-28)31(45)40-32-36(4,5)33(37(32,6)7)47-29-13-10-27(25-39)30(38)24-29/h8-13,24,32-33H,14-23H2,1-7H3,(H,40,45). The monoisotopic (exact) mass is 678 g/mol. The van der Waals surface area contributed by atoms with Crippen molar-refractivity contribution in [2.24, 2.45) is 10.8 Å². The summed E-state index contributed by atoms with van der Waals surface area (Å²) in [5, 5.41) is 12.8. The first kappa shape index (κ1) is 35.8. The Kier molecular flexibility index (Phi) is 10.5. The van der Waals surface area contributed by atoms with Crippen molar-refractivity contribution >= 4 is 29.3 Å². The number of nitrogens with one attached hydrogen (secondary N) is 1. The number of hydrogen-bond acceptors (Lipinski definition) is 8. The van der Waals surface area contributed by atoms with Gasteiger partial charge in [-0.15, -0.1) is 0 Å². The van der Waals surface area contributed by atoms with Crippen LogP contribution in [0.5, 0.6) is 5.75 Å². The topological polar surface area (TPSA) is 101 Å². The van der Waals surface area contributed by atoms with Crippen LogP contribution in [0, 0.1) is 22.2 Å². The zero-order chi connectivity index (χ0) is 34.9. The van der Waals surface area contributed by atoms with Crippen LogP contribution in [-0.4, -0.2) is 110 Å². The molecule has 260 valence electrons. The van der Waals surface area contributed by atoms with E-state index in [2.05, 4.69) is 53.8 Å². The van der Waals surface area contributed by atoms with Crippen molar-refractivity contribution in [2.45, 2.75) is 66.2 Å². The van der Waals surface area contributed by atoms with Gasteiger partial charge in [0.2, 0.25) is 0 Å². The van der Waals surface area contributed by atoms with Crippen molar-refractivity contribution in [1.82, 2.24) is 20.0 Å². The molecule has 1 N–H and O–H groups in total. The maximum absolute atomic E-state index is 13.4. The Balaban J connectivity index is 1.06. The largest absolute Gasteiger partial charge is 0.489 e. The molecular weight excluding hydrogens is 628 g/mol. The van der Waals surface area contributed by atoms with Gasteiger partial charge in [-0.25, -0.2) is 4.79 Å². The first-order chi connectivity index (χ1) is 22.6. The van der Waals surface area contributed by atoms with Gasteiger partial charge in [0.25, 0.3) is 5.91 Å². The zero-order valence-corrected chi connectivity index (χ0v) is 30.3. The smallest absolute Gasteiger partial charge is 0.410 e. The van der Waals surface area contributed by atoms with E-state index in [1.54, 1.807) is 18.2 Å². The predicted octanol–water partition coefficient (Wildman–Crippen LogP) is 5.50. The summed E-state index contributed by atoms with van der Waals surface area (Å²) in [5.41, 5.74) is 1.06. The van der Waals surface area contributed by atoms with E-state index in [4.69, 9.17) is 21.1 Å². The van der Waals surface area contributed by atoms with Crippen LogP contribution in [0.1, 0.15) is 64.4 Å². The van der Waals surface area contributed by atoms with Crippen LogP contribution in [-0.2, 0) is 4.74 Å². The lowest BCUT2D eigenvalue weighted by Crippen LogP contribution is -2.74. The van der Waals surface area contributed by atoms with E-state index in [-0.39, 0.29) is 35.0 Å². The van der Waals surface area contributed by atoms with Gasteiger partial charge in [0.15, 0.2) is 0 Å². The van der Waals surface area contributed by atoms with Crippen molar-refractivity contribution in [3.8, 4) is 11.8 Å². The van der Waals surface area contributed by atoms with E-state index < -0.39 is 5.60 Å². The highest BCUT2D eigenvalue weighted by Gasteiger charge is 2.64. The number of carbonyl (C=O) groups excluding carboxylic acids is 2. The van der Waals surface area contributed by atoms with Crippen LogP contribution in [0.3, 0.4) is 0 Å². The molecule has 1 saturated carbocycles. The molecule has 2 heterocycles. The molecule has 3 aliphatic rings. The van der Waals surface area contributed by atoms with Gasteiger partial charge < -0.3 is 24.6 Å². The minimum absolute atomic E-state index is 0.0932. The Morgan fingerprint density at radius 1 is 0.896 bits per heavy atom. The maximum Gasteiger partial charge on any atom is 0.410 e. The molecule has 2 aromatic carbocycles. The molecule has 2 amide bonds. The number of anilines is 1. The Hall–Kier alpha value is -3.52. The van der Waals surface area contributed by atoms with Crippen LogP contribution >= 0.6 is 11.6 Å². The highest BCUT2D eigenvalue weighted by Crippen LogP contribution is 2.55. The number of nitrogens with zero attached hydrogens (tertiary/aromatic N) is 5. The van der Waals surface area contributed by atoms with Gasteiger partial charge >= 0.3 is 6.09 Å². The van der Waals surface area contributed by atoms with Crippen LogP contribution in [0.15, 0.2) is 42.5 Å². The van der Waals surface area contributed by atoms with E-state index >= 15 is 0 Å². The molecule has 3 fully saturated rings. The number of benzene rings is 2. The van der Waals surface area contributed by atoms with Gasteiger partial charge in [0.1, 0.15) is 23.5 Å². The van der Waals surface area contributed by atoms with Crippen molar-refractivity contribution in [1.29, 1.82) is 5.26 Å². The van der Waals surface area contributed by atoms with Crippen LogP contribution < -0.4 is 15.0 Å². The van der Waals surface area contributed by atoms with Crippen molar-refractivity contribution in [2.75, 3.05) is 70.3 Å². The average Bonchev–Trinajstić information content (AvgIpc) is 3.04. The van der Waals surface area contributed by atoms with E-state index in [9.17, 15) is 14.9 Å². The molecule has 0 radical (unpaired) electrons. The lowest BCUT2D eigenvalue weighted by atomic mass is 9.49. The Morgan fingerprint density at radius 3 is 1.98 bits per heavy atom. The van der Waals surface area contributed by atoms with Gasteiger partial charge in [0.05, 0.1) is 10.6 Å². The molecule has 48 heavy (non-hydrogen) atoms. The first-order valence-electron chi connectivity index (χ1n) is 17.0. The molecule has 2 aliphatic heterocycles. The molecule has 5 rings (SSSR count). The third-order valence-electron chi connectivity index (χ3n) is 10.1. The fraction of sp³-hybridized carbons (Fsp3) is 0.595. The summed E-state index contributed by atoms with van der Waals surface area (Å²) >= 11 is 6.23. The molecule has 0 atom stereocenters. The number of nitriles is 1. The van der Waals surface area contributed by atoms with Gasteiger partial charge in [-0.05, 0) is 57.2 Å². The summed E-state index contributed by atoms with van der Waals surface area (Å²) in [7, 11) is 0. The summed E-state index contributed by atoms with van der Waals surface area (Å²) in [6.45, 7) is 23.1. The minimum Gasteiger partial charge on any atom is -0.489 e. The molecule has 0 aromatic heterocycles. The molecule has 1 aliphatic carbocycles. The fourth-order valence-corrected chi connectivity index (χ4v) is 7.84. The van der Waals surface area contributed by atoms with Crippen molar-refractivity contribution < 1.29 is 19.1 Å². The minimum atomic E-state index is -0.467. The highest BCUT2D eigenvalue weighted by atomic mass is 35.5. The second-order valence-corrected chi connectivity index (χ2v) is 15.9. The molecule has 0 bridgehead atoms. The first-order valence-corrected chi connectivity index (χ1v) is 17.4. The number of rotatable bonds is 8. The average molecular weight is 679 g/mol. The third kappa shape index (κ3) is 8.02. The lowest BCUT2D eigenvalue weighted by molar-refractivity contribution is -0.164. The number of amides is 2. The Labute approximate surface area is 290 Å². The predicted molar refractivity (Wildman–Crippen MR) is 189 cm³/mol. The number of hydrogen-bond donors (Lipinski definition) is 1. The Bertz CT molecular complexity index is 1480. The van der Waals surface area contributed by atoms with Gasteiger partial charge in [-0.3, -0.25) is 14.6 Å². The van der Waals surface area contributed by atoms with Crippen LogP contribution in [0.25, 0.3) is 0 Å².